The lowest BCUT2D eigenvalue weighted by Crippen LogP contribution is -2.03. The van der Waals surface area contributed by atoms with E-state index < -0.39 is 0 Å². The molecule has 0 aliphatic carbocycles. The summed E-state index contributed by atoms with van der Waals surface area (Å²) < 4.78 is 1.25. The van der Waals surface area contributed by atoms with Gasteiger partial charge in [0.2, 0.25) is 0 Å². The summed E-state index contributed by atoms with van der Waals surface area (Å²) in [4.78, 5) is 9.19. The molecular formula is C12H16N2OS. The first kappa shape index (κ1) is 11.5. The van der Waals surface area contributed by atoms with E-state index in [1.165, 1.54) is 15.3 Å². The van der Waals surface area contributed by atoms with Crippen molar-refractivity contribution in [3.05, 3.63) is 28.8 Å². The molecule has 2 N–H and O–H groups in total. The summed E-state index contributed by atoms with van der Waals surface area (Å²) >= 11 is 1.77. The maximum atomic E-state index is 5.02. The van der Waals surface area contributed by atoms with Crippen LogP contribution in [0.15, 0.2) is 18.2 Å². The fourth-order valence-electron chi connectivity index (χ4n) is 1.57. The van der Waals surface area contributed by atoms with Gasteiger partial charge in [-0.15, -0.1) is 11.3 Å². The van der Waals surface area contributed by atoms with Crippen molar-refractivity contribution in [3.8, 4) is 0 Å². The number of fused-ring (bicyclic) bond motifs is 1. The Kier molecular flexibility index (Phi) is 3.53. The molecule has 4 heteroatoms. The van der Waals surface area contributed by atoms with Crippen LogP contribution in [0.2, 0.25) is 0 Å². The Morgan fingerprint density at radius 1 is 1.44 bits per heavy atom. The molecule has 16 heavy (non-hydrogen) atoms. The number of hydrogen-bond donors (Lipinski definition) is 1. The van der Waals surface area contributed by atoms with Crippen LogP contribution in [0.3, 0.4) is 0 Å². The first-order chi connectivity index (χ1) is 7.70. The Bertz CT molecular complexity index is 479. The number of nitrogens with zero attached hydrogens (tertiary/aromatic N) is 1. The van der Waals surface area contributed by atoms with Crippen LogP contribution in [-0.2, 0) is 11.3 Å². The summed E-state index contributed by atoms with van der Waals surface area (Å²) in [7, 11) is 0. The minimum absolute atomic E-state index is 0.494. The zero-order valence-corrected chi connectivity index (χ0v) is 10.4. The maximum Gasteiger partial charge on any atom is 0.0963 e. The zero-order chi connectivity index (χ0) is 11.5. The second-order valence-electron chi connectivity index (χ2n) is 4.13. The van der Waals surface area contributed by atoms with Crippen LogP contribution in [0.5, 0.6) is 0 Å². The van der Waals surface area contributed by atoms with Crippen LogP contribution in [0.4, 0.5) is 0 Å². The summed E-state index contributed by atoms with van der Waals surface area (Å²) in [6, 6.07) is 6.34. The van der Waals surface area contributed by atoms with E-state index in [1.807, 2.05) is 0 Å². The summed E-state index contributed by atoms with van der Waals surface area (Å²) in [6.07, 6.45) is 0.849. The van der Waals surface area contributed by atoms with E-state index in [9.17, 15) is 0 Å². The van der Waals surface area contributed by atoms with Crippen LogP contribution in [0, 0.1) is 0 Å². The SMILES string of the molecule is CC(C)c1nc2ccc(CCON)cc2s1. The van der Waals surface area contributed by atoms with Gasteiger partial charge in [-0.2, -0.15) is 0 Å². The van der Waals surface area contributed by atoms with Crippen molar-refractivity contribution in [3.63, 3.8) is 0 Å². The van der Waals surface area contributed by atoms with Gasteiger partial charge in [0.1, 0.15) is 0 Å². The van der Waals surface area contributed by atoms with E-state index in [2.05, 4.69) is 41.9 Å². The van der Waals surface area contributed by atoms with E-state index >= 15 is 0 Å². The second kappa shape index (κ2) is 4.91. The fraction of sp³-hybridized carbons (Fsp3) is 0.417. The monoisotopic (exact) mass is 236 g/mol. The van der Waals surface area contributed by atoms with Crippen molar-refractivity contribution in [2.24, 2.45) is 5.90 Å². The first-order valence-electron chi connectivity index (χ1n) is 5.41. The lowest BCUT2D eigenvalue weighted by atomic mass is 10.1. The lowest BCUT2D eigenvalue weighted by Gasteiger charge is -1.98. The average molecular weight is 236 g/mol. The van der Waals surface area contributed by atoms with Crippen LogP contribution in [0.1, 0.15) is 30.3 Å². The quantitative estimate of drug-likeness (QED) is 0.830. The van der Waals surface area contributed by atoms with Crippen molar-refractivity contribution in [2.75, 3.05) is 6.61 Å². The first-order valence-corrected chi connectivity index (χ1v) is 6.23. The van der Waals surface area contributed by atoms with E-state index in [1.54, 1.807) is 11.3 Å². The molecule has 0 bridgehead atoms. The van der Waals surface area contributed by atoms with Gasteiger partial charge < -0.3 is 4.84 Å². The van der Waals surface area contributed by atoms with Crippen LogP contribution < -0.4 is 5.90 Å². The third-order valence-corrected chi connectivity index (χ3v) is 3.79. The Balaban J connectivity index is 2.30. The van der Waals surface area contributed by atoms with Crippen molar-refractivity contribution in [1.82, 2.24) is 4.98 Å². The smallest absolute Gasteiger partial charge is 0.0963 e. The largest absolute Gasteiger partial charge is 0.304 e. The molecule has 3 nitrogen and oxygen atoms in total. The molecule has 0 atom stereocenters. The average Bonchev–Trinajstić information content (AvgIpc) is 2.69. The summed E-state index contributed by atoms with van der Waals surface area (Å²) in [5.41, 5.74) is 2.34. The van der Waals surface area contributed by atoms with Crippen molar-refractivity contribution in [2.45, 2.75) is 26.2 Å². The lowest BCUT2D eigenvalue weighted by molar-refractivity contribution is 0.141. The van der Waals surface area contributed by atoms with Gasteiger partial charge in [0.25, 0.3) is 0 Å². The summed E-state index contributed by atoms with van der Waals surface area (Å²) in [5, 5.41) is 1.20. The molecule has 0 spiro atoms. The Morgan fingerprint density at radius 3 is 2.94 bits per heavy atom. The van der Waals surface area contributed by atoms with Gasteiger partial charge >= 0.3 is 0 Å². The zero-order valence-electron chi connectivity index (χ0n) is 9.56. The molecule has 0 amide bonds. The Morgan fingerprint density at radius 2 is 2.25 bits per heavy atom. The predicted octanol–water partition coefficient (Wildman–Crippen LogP) is 2.85. The second-order valence-corrected chi connectivity index (χ2v) is 5.19. The molecule has 2 rings (SSSR count). The van der Waals surface area contributed by atoms with E-state index in [0.717, 1.165) is 11.9 Å². The van der Waals surface area contributed by atoms with Gasteiger partial charge in [0.15, 0.2) is 0 Å². The van der Waals surface area contributed by atoms with Crippen LogP contribution >= 0.6 is 11.3 Å². The van der Waals surface area contributed by atoms with E-state index in [-0.39, 0.29) is 0 Å². The predicted molar refractivity (Wildman–Crippen MR) is 67.6 cm³/mol. The minimum atomic E-state index is 0.494. The van der Waals surface area contributed by atoms with Gasteiger partial charge in [-0.05, 0) is 24.1 Å². The molecule has 2 aromatic rings. The van der Waals surface area contributed by atoms with Gasteiger partial charge in [-0.1, -0.05) is 19.9 Å². The number of rotatable bonds is 4. The number of aromatic nitrogens is 1. The Labute approximate surface area is 99.2 Å². The van der Waals surface area contributed by atoms with Gasteiger partial charge in [0.05, 0.1) is 21.8 Å². The molecule has 1 aromatic heterocycles. The van der Waals surface area contributed by atoms with E-state index in [4.69, 9.17) is 5.90 Å². The molecule has 0 aliphatic heterocycles. The normalized spacial score (nSPS) is 11.5. The highest BCUT2D eigenvalue weighted by molar-refractivity contribution is 7.18. The third kappa shape index (κ3) is 2.40. The maximum absolute atomic E-state index is 5.02. The number of benzene rings is 1. The molecule has 0 saturated heterocycles. The van der Waals surface area contributed by atoms with Gasteiger partial charge in [0, 0.05) is 5.92 Å². The summed E-state index contributed by atoms with van der Waals surface area (Å²) in [6.45, 7) is 4.89. The highest BCUT2D eigenvalue weighted by Gasteiger charge is 2.07. The number of nitrogens with two attached hydrogens (primary N) is 1. The van der Waals surface area contributed by atoms with Crippen LogP contribution in [0.25, 0.3) is 10.2 Å². The molecule has 0 saturated carbocycles. The van der Waals surface area contributed by atoms with Crippen molar-refractivity contribution in [1.29, 1.82) is 0 Å². The molecule has 0 aliphatic rings. The molecule has 0 unspecified atom stereocenters. The topological polar surface area (TPSA) is 48.1 Å². The van der Waals surface area contributed by atoms with Crippen molar-refractivity contribution < 1.29 is 4.84 Å². The van der Waals surface area contributed by atoms with Crippen molar-refractivity contribution >= 4 is 21.6 Å². The molecule has 1 aromatic carbocycles. The molecule has 1 heterocycles. The third-order valence-electron chi connectivity index (χ3n) is 2.47. The fourth-order valence-corrected chi connectivity index (χ4v) is 2.60. The highest BCUT2D eigenvalue weighted by atomic mass is 32.1. The summed E-state index contributed by atoms with van der Waals surface area (Å²) in [5.74, 6) is 5.52. The molecular weight excluding hydrogens is 220 g/mol. The van der Waals surface area contributed by atoms with Gasteiger partial charge in [-0.25, -0.2) is 10.9 Å². The minimum Gasteiger partial charge on any atom is -0.304 e. The highest BCUT2D eigenvalue weighted by Crippen LogP contribution is 2.27. The number of thiazole rings is 1. The molecule has 86 valence electrons. The standard InChI is InChI=1S/C12H16N2OS/c1-8(2)12-14-10-4-3-9(5-6-15-13)7-11(10)16-12/h3-4,7-8H,5-6,13H2,1-2H3. The Hall–Kier alpha value is -0.970. The molecule has 0 radical (unpaired) electrons. The van der Waals surface area contributed by atoms with E-state index in [0.29, 0.717) is 12.5 Å². The van der Waals surface area contributed by atoms with Crippen LogP contribution in [-0.4, -0.2) is 11.6 Å². The number of hydrogen-bond acceptors (Lipinski definition) is 4. The molecule has 0 fully saturated rings. The van der Waals surface area contributed by atoms with Gasteiger partial charge in [-0.3, -0.25) is 0 Å².